The highest BCUT2D eigenvalue weighted by Crippen LogP contribution is 2.33. The van der Waals surface area contributed by atoms with Gasteiger partial charge in [-0.05, 0) is 23.3 Å². The van der Waals surface area contributed by atoms with Crippen LogP contribution in [0.5, 0.6) is 0 Å². The number of nitro groups is 1. The molecular weight excluding hydrogens is 350 g/mol. The van der Waals surface area contributed by atoms with Crippen molar-refractivity contribution in [2.24, 2.45) is 5.14 Å². The Kier molecular flexibility index (Phi) is 4.14. The van der Waals surface area contributed by atoms with Crippen molar-refractivity contribution in [3.05, 3.63) is 64.2 Å². The molecule has 0 saturated heterocycles. The molecule has 0 aliphatic rings. The molecule has 3 aromatic rings. The van der Waals surface area contributed by atoms with E-state index in [9.17, 15) is 18.5 Å². The SMILES string of the molecule is NS(=O)(=O)c1ccc(-c2cccc([N+](=O)[O-])c2)cc1-c1nccs1. The predicted octanol–water partition coefficient (Wildman–Crippen LogP) is 3.03. The van der Waals surface area contributed by atoms with Gasteiger partial charge in [0, 0.05) is 29.3 Å². The molecule has 9 heteroatoms. The molecule has 122 valence electrons. The number of benzene rings is 2. The normalized spacial score (nSPS) is 11.4. The van der Waals surface area contributed by atoms with Gasteiger partial charge in [0.2, 0.25) is 10.0 Å². The number of nitrogens with zero attached hydrogens (tertiary/aromatic N) is 2. The average molecular weight is 361 g/mol. The quantitative estimate of drug-likeness (QED) is 0.566. The molecule has 0 saturated carbocycles. The Morgan fingerprint density at radius 3 is 2.50 bits per heavy atom. The van der Waals surface area contributed by atoms with Crippen LogP contribution in [0.25, 0.3) is 21.7 Å². The van der Waals surface area contributed by atoms with Crippen molar-refractivity contribution in [3.63, 3.8) is 0 Å². The van der Waals surface area contributed by atoms with Crippen molar-refractivity contribution in [1.29, 1.82) is 0 Å². The van der Waals surface area contributed by atoms with Gasteiger partial charge in [-0.2, -0.15) is 0 Å². The maximum absolute atomic E-state index is 11.8. The predicted molar refractivity (Wildman–Crippen MR) is 91.0 cm³/mol. The fraction of sp³-hybridized carbons (Fsp3) is 0. The number of hydrogen-bond acceptors (Lipinski definition) is 6. The highest BCUT2D eigenvalue weighted by molar-refractivity contribution is 7.89. The minimum atomic E-state index is -3.92. The molecule has 0 unspecified atom stereocenters. The summed E-state index contributed by atoms with van der Waals surface area (Å²) in [6, 6.07) is 10.7. The zero-order chi connectivity index (χ0) is 17.3. The zero-order valence-corrected chi connectivity index (χ0v) is 13.8. The van der Waals surface area contributed by atoms with Crippen molar-refractivity contribution in [3.8, 4) is 21.7 Å². The largest absolute Gasteiger partial charge is 0.270 e. The molecule has 0 radical (unpaired) electrons. The topological polar surface area (TPSA) is 116 Å². The van der Waals surface area contributed by atoms with Crippen LogP contribution >= 0.6 is 11.3 Å². The summed E-state index contributed by atoms with van der Waals surface area (Å²) < 4.78 is 23.6. The Labute approximate surface area is 141 Å². The van der Waals surface area contributed by atoms with Gasteiger partial charge in [-0.1, -0.05) is 18.2 Å². The number of rotatable bonds is 4. The van der Waals surface area contributed by atoms with Crippen LogP contribution in [-0.4, -0.2) is 18.3 Å². The Balaban J connectivity index is 2.20. The lowest BCUT2D eigenvalue weighted by Crippen LogP contribution is -2.13. The fourth-order valence-electron chi connectivity index (χ4n) is 2.28. The first-order valence-electron chi connectivity index (χ1n) is 6.68. The van der Waals surface area contributed by atoms with Crippen LogP contribution in [0.4, 0.5) is 5.69 Å². The van der Waals surface area contributed by atoms with Crippen LogP contribution in [-0.2, 0) is 10.0 Å². The van der Waals surface area contributed by atoms with E-state index in [0.717, 1.165) is 0 Å². The van der Waals surface area contributed by atoms with Crippen LogP contribution in [0.2, 0.25) is 0 Å². The highest BCUT2D eigenvalue weighted by atomic mass is 32.2. The van der Waals surface area contributed by atoms with Crippen molar-refractivity contribution < 1.29 is 13.3 Å². The van der Waals surface area contributed by atoms with E-state index in [0.29, 0.717) is 21.7 Å². The van der Waals surface area contributed by atoms with Crippen molar-refractivity contribution in [2.75, 3.05) is 0 Å². The fourth-order valence-corrected chi connectivity index (χ4v) is 3.73. The van der Waals surface area contributed by atoms with Gasteiger partial charge in [-0.15, -0.1) is 11.3 Å². The third-order valence-electron chi connectivity index (χ3n) is 3.34. The van der Waals surface area contributed by atoms with Crippen LogP contribution in [0.1, 0.15) is 0 Å². The summed E-state index contributed by atoms with van der Waals surface area (Å²) in [6.07, 6.45) is 1.56. The second kappa shape index (κ2) is 6.11. The number of aromatic nitrogens is 1. The lowest BCUT2D eigenvalue weighted by molar-refractivity contribution is -0.384. The first-order valence-corrected chi connectivity index (χ1v) is 9.10. The van der Waals surface area contributed by atoms with E-state index in [2.05, 4.69) is 4.98 Å². The lowest BCUT2D eigenvalue weighted by Gasteiger charge is -2.09. The number of non-ortho nitro benzene ring substituents is 1. The molecule has 0 spiro atoms. The van der Waals surface area contributed by atoms with E-state index >= 15 is 0 Å². The first kappa shape index (κ1) is 16.2. The van der Waals surface area contributed by atoms with Crippen LogP contribution in [0.3, 0.4) is 0 Å². The summed E-state index contributed by atoms with van der Waals surface area (Å²) in [6.45, 7) is 0. The molecule has 1 heterocycles. The molecule has 0 bridgehead atoms. The molecule has 1 aromatic heterocycles. The molecule has 0 aliphatic heterocycles. The van der Waals surface area contributed by atoms with Crippen molar-refractivity contribution >= 4 is 27.0 Å². The summed E-state index contributed by atoms with van der Waals surface area (Å²) in [5, 5.41) is 18.4. The third kappa shape index (κ3) is 3.18. The standard InChI is InChI=1S/C15H11N3O4S2/c16-24(21,22)14-5-4-11(9-13(14)15-17-6-7-23-15)10-2-1-3-12(8-10)18(19)20/h1-9H,(H2,16,21,22). The van der Waals surface area contributed by atoms with Crippen LogP contribution < -0.4 is 5.14 Å². The summed E-state index contributed by atoms with van der Waals surface area (Å²) in [5.41, 5.74) is 1.56. The molecular formula is C15H11N3O4S2. The summed E-state index contributed by atoms with van der Waals surface area (Å²) in [7, 11) is -3.92. The highest BCUT2D eigenvalue weighted by Gasteiger charge is 2.18. The Morgan fingerprint density at radius 2 is 1.88 bits per heavy atom. The molecule has 7 nitrogen and oxygen atoms in total. The number of sulfonamides is 1. The van der Waals surface area contributed by atoms with Gasteiger partial charge in [0.1, 0.15) is 5.01 Å². The van der Waals surface area contributed by atoms with E-state index in [1.807, 2.05) is 0 Å². The monoisotopic (exact) mass is 361 g/mol. The molecule has 0 aliphatic carbocycles. The zero-order valence-electron chi connectivity index (χ0n) is 12.1. The van der Waals surface area contributed by atoms with Gasteiger partial charge in [0.05, 0.1) is 9.82 Å². The summed E-state index contributed by atoms with van der Waals surface area (Å²) >= 11 is 1.28. The van der Waals surface area contributed by atoms with Gasteiger partial charge in [0.15, 0.2) is 0 Å². The molecule has 0 amide bonds. The Hall–Kier alpha value is -2.62. The van der Waals surface area contributed by atoms with Gasteiger partial charge in [-0.3, -0.25) is 10.1 Å². The maximum atomic E-state index is 11.8. The maximum Gasteiger partial charge on any atom is 0.270 e. The summed E-state index contributed by atoms with van der Waals surface area (Å²) in [5.74, 6) is 0. The van der Waals surface area contributed by atoms with E-state index < -0.39 is 14.9 Å². The van der Waals surface area contributed by atoms with E-state index in [1.165, 1.54) is 29.5 Å². The Morgan fingerprint density at radius 1 is 1.12 bits per heavy atom. The number of nitro benzene ring substituents is 1. The summed E-state index contributed by atoms with van der Waals surface area (Å²) in [4.78, 5) is 14.5. The van der Waals surface area contributed by atoms with Crippen molar-refractivity contribution in [2.45, 2.75) is 4.90 Å². The Bertz CT molecular complexity index is 1010. The third-order valence-corrected chi connectivity index (χ3v) is 5.11. The molecule has 2 aromatic carbocycles. The smallest absolute Gasteiger partial charge is 0.258 e. The van der Waals surface area contributed by atoms with E-state index in [-0.39, 0.29) is 10.6 Å². The van der Waals surface area contributed by atoms with E-state index in [1.54, 1.807) is 35.8 Å². The second-order valence-corrected chi connectivity index (χ2v) is 7.33. The minimum Gasteiger partial charge on any atom is -0.258 e. The second-order valence-electron chi connectivity index (χ2n) is 4.90. The lowest BCUT2D eigenvalue weighted by atomic mass is 10.0. The first-order chi connectivity index (χ1) is 11.4. The number of thiazole rings is 1. The van der Waals surface area contributed by atoms with Gasteiger partial charge in [-0.25, -0.2) is 18.5 Å². The van der Waals surface area contributed by atoms with Gasteiger partial charge < -0.3 is 0 Å². The number of nitrogens with two attached hydrogens (primary N) is 1. The van der Waals surface area contributed by atoms with Crippen LogP contribution in [0.15, 0.2) is 58.9 Å². The molecule has 0 fully saturated rings. The van der Waals surface area contributed by atoms with Gasteiger partial charge >= 0.3 is 0 Å². The molecule has 3 rings (SSSR count). The van der Waals surface area contributed by atoms with E-state index in [4.69, 9.17) is 5.14 Å². The molecule has 2 N–H and O–H groups in total. The minimum absolute atomic E-state index is 0.0355. The van der Waals surface area contributed by atoms with Crippen molar-refractivity contribution in [1.82, 2.24) is 4.98 Å². The van der Waals surface area contributed by atoms with Crippen LogP contribution in [0, 0.1) is 10.1 Å². The number of primary sulfonamides is 1. The van der Waals surface area contributed by atoms with Gasteiger partial charge in [0.25, 0.3) is 5.69 Å². The average Bonchev–Trinajstić information content (AvgIpc) is 3.08. The number of hydrogen-bond donors (Lipinski definition) is 1. The molecule has 0 atom stereocenters. The molecule has 24 heavy (non-hydrogen) atoms.